The Hall–Kier alpha value is -1.16. The first-order valence-corrected chi connectivity index (χ1v) is 2.74. The lowest BCUT2D eigenvalue weighted by Gasteiger charge is -1.94. The predicted octanol–water partition coefficient (Wildman–Crippen LogP) is 1.82. The molecule has 1 atom stereocenters. The first-order chi connectivity index (χ1) is 4.34. The summed E-state index contributed by atoms with van der Waals surface area (Å²) in [5, 5.41) is 0. The van der Waals surface area contributed by atoms with Crippen molar-refractivity contribution in [1.29, 1.82) is 0 Å². The maximum atomic E-state index is 5.15. The van der Waals surface area contributed by atoms with E-state index in [1.807, 2.05) is 6.92 Å². The molecule has 1 heterocycles. The molecule has 0 bridgehead atoms. The van der Waals surface area contributed by atoms with Gasteiger partial charge in [-0.2, -0.15) is 0 Å². The lowest BCUT2D eigenvalue weighted by molar-refractivity contribution is 0.563. The highest BCUT2D eigenvalue weighted by Gasteiger charge is 2.00. The summed E-state index contributed by atoms with van der Waals surface area (Å²) < 4.78 is 4.79. The summed E-state index contributed by atoms with van der Waals surface area (Å²) in [5.74, 6) is 2.69. The molecular weight excluding hydrogens is 112 g/mol. The number of hydrogen-bond acceptors (Lipinski definition) is 1. The van der Waals surface area contributed by atoms with E-state index in [-0.39, 0.29) is 5.92 Å². The highest BCUT2D eigenvalue weighted by Crippen LogP contribution is 2.12. The average molecular weight is 119 g/mol. The molecule has 0 aliphatic rings. The second-order valence-electron chi connectivity index (χ2n) is 1.86. The van der Waals surface area contributed by atoms with E-state index in [4.69, 9.17) is 10.8 Å². The molecule has 1 aromatic rings. The first-order valence-electron chi connectivity index (χ1n) is 2.74. The minimum Gasteiger partial charge on any atom is -0.472 e. The molecule has 0 amide bonds. The Morgan fingerprint density at radius 1 is 1.89 bits per heavy atom. The van der Waals surface area contributed by atoms with Crippen LogP contribution in [0.5, 0.6) is 0 Å². The summed E-state index contributed by atoms with van der Waals surface area (Å²) in [7, 11) is 0. The number of furan rings is 1. The lowest BCUT2D eigenvalue weighted by atomic mass is 10.1. The average Bonchev–Trinajstić information content (AvgIpc) is 2.37. The Morgan fingerprint density at radius 2 is 2.67 bits per heavy atom. The van der Waals surface area contributed by atoms with Crippen LogP contribution in [0.4, 0.5) is 0 Å². The third-order valence-corrected chi connectivity index (χ3v) is 1.21. The molecule has 1 unspecified atom stereocenters. The van der Waals surface area contributed by atoms with Crippen molar-refractivity contribution in [1.82, 2.24) is 0 Å². The molecule has 1 radical (unpaired) electrons. The standard InChI is InChI=1S/C8H7O/c1-3-7(2)8-4-5-9-6-8/h1,5-7H,2H3. The zero-order chi connectivity index (χ0) is 6.69. The maximum Gasteiger partial charge on any atom is 0.0985 e. The molecular formula is C8H7O. The molecule has 1 aromatic heterocycles. The second-order valence-corrected chi connectivity index (χ2v) is 1.86. The van der Waals surface area contributed by atoms with E-state index in [9.17, 15) is 0 Å². The van der Waals surface area contributed by atoms with Crippen molar-refractivity contribution in [2.24, 2.45) is 0 Å². The van der Waals surface area contributed by atoms with Gasteiger partial charge in [-0.3, -0.25) is 0 Å². The van der Waals surface area contributed by atoms with E-state index < -0.39 is 0 Å². The Labute approximate surface area is 54.7 Å². The Morgan fingerprint density at radius 3 is 3.11 bits per heavy atom. The molecule has 0 saturated heterocycles. The van der Waals surface area contributed by atoms with E-state index >= 15 is 0 Å². The molecule has 0 aliphatic heterocycles. The van der Waals surface area contributed by atoms with Crippen molar-refractivity contribution in [3.63, 3.8) is 0 Å². The summed E-state index contributed by atoms with van der Waals surface area (Å²) >= 11 is 0. The van der Waals surface area contributed by atoms with Crippen LogP contribution in [-0.4, -0.2) is 0 Å². The molecule has 1 rings (SSSR count). The SMILES string of the molecule is C#CC(C)c1[c]coc1. The zero-order valence-corrected chi connectivity index (χ0v) is 5.22. The fraction of sp³-hybridized carbons (Fsp3) is 0.250. The fourth-order valence-electron chi connectivity index (χ4n) is 0.560. The van der Waals surface area contributed by atoms with Gasteiger partial charge in [0.1, 0.15) is 0 Å². The minimum atomic E-state index is 0.115. The molecule has 0 saturated carbocycles. The van der Waals surface area contributed by atoms with Crippen LogP contribution in [0.15, 0.2) is 16.9 Å². The molecule has 0 N–H and O–H groups in total. The Kier molecular flexibility index (Phi) is 1.60. The lowest BCUT2D eigenvalue weighted by Crippen LogP contribution is -1.83. The molecule has 0 aliphatic carbocycles. The van der Waals surface area contributed by atoms with Gasteiger partial charge >= 0.3 is 0 Å². The van der Waals surface area contributed by atoms with Gasteiger partial charge < -0.3 is 4.42 Å². The molecule has 0 spiro atoms. The molecule has 9 heavy (non-hydrogen) atoms. The van der Waals surface area contributed by atoms with Crippen molar-refractivity contribution >= 4 is 0 Å². The normalized spacial score (nSPS) is 12.4. The molecule has 0 fully saturated rings. The predicted molar refractivity (Wildman–Crippen MR) is 34.8 cm³/mol. The van der Waals surface area contributed by atoms with Gasteiger partial charge in [0.05, 0.1) is 12.5 Å². The van der Waals surface area contributed by atoms with Crippen LogP contribution >= 0.6 is 0 Å². The maximum absolute atomic E-state index is 5.15. The van der Waals surface area contributed by atoms with E-state index in [1.54, 1.807) is 6.26 Å². The number of terminal acetylenes is 1. The third-order valence-electron chi connectivity index (χ3n) is 1.21. The summed E-state index contributed by atoms with van der Waals surface area (Å²) in [5.41, 5.74) is 0.942. The van der Waals surface area contributed by atoms with Gasteiger partial charge in [-0.05, 0) is 6.92 Å². The van der Waals surface area contributed by atoms with Crippen LogP contribution in [0.1, 0.15) is 18.4 Å². The van der Waals surface area contributed by atoms with Crippen LogP contribution in [0.25, 0.3) is 0 Å². The quantitative estimate of drug-likeness (QED) is 0.514. The highest BCUT2D eigenvalue weighted by molar-refractivity contribution is 5.19. The van der Waals surface area contributed by atoms with E-state index in [1.165, 1.54) is 6.26 Å². The van der Waals surface area contributed by atoms with Crippen molar-refractivity contribution in [2.75, 3.05) is 0 Å². The summed E-state index contributed by atoms with van der Waals surface area (Å²) in [6.07, 6.45) is 8.27. The van der Waals surface area contributed by atoms with Crippen LogP contribution in [0.2, 0.25) is 0 Å². The first kappa shape index (κ1) is 5.97. The largest absolute Gasteiger partial charge is 0.472 e. The zero-order valence-electron chi connectivity index (χ0n) is 5.22. The smallest absolute Gasteiger partial charge is 0.0985 e. The molecule has 0 aromatic carbocycles. The monoisotopic (exact) mass is 119 g/mol. The number of hydrogen-bond donors (Lipinski definition) is 0. The third kappa shape index (κ3) is 1.14. The van der Waals surface area contributed by atoms with E-state index in [0.717, 1.165) is 5.56 Å². The summed E-state index contributed by atoms with van der Waals surface area (Å²) in [6.45, 7) is 1.93. The van der Waals surface area contributed by atoms with Crippen molar-refractivity contribution in [2.45, 2.75) is 12.8 Å². The molecule has 1 heteroatoms. The van der Waals surface area contributed by atoms with Gasteiger partial charge in [-0.15, -0.1) is 6.42 Å². The van der Waals surface area contributed by atoms with Crippen LogP contribution in [0, 0.1) is 18.4 Å². The fourth-order valence-corrected chi connectivity index (χ4v) is 0.560. The number of rotatable bonds is 1. The minimum absolute atomic E-state index is 0.115. The topological polar surface area (TPSA) is 13.1 Å². The van der Waals surface area contributed by atoms with Crippen molar-refractivity contribution in [3.8, 4) is 12.3 Å². The van der Waals surface area contributed by atoms with Gasteiger partial charge in [-0.1, -0.05) is 5.92 Å². The second kappa shape index (κ2) is 2.41. The van der Waals surface area contributed by atoms with Gasteiger partial charge in [0.25, 0.3) is 0 Å². The molecule has 45 valence electrons. The van der Waals surface area contributed by atoms with E-state index in [0.29, 0.717) is 0 Å². The summed E-state index contributed by atoms with van der Waals surface area (Å²) in [4.78, 5) is 0. The van der Waals surface area contributed by atoms with Crippen LogP contribution < -0.4 is 0 Å². The van der Waals surface area contributed by atoms with Gasteiger partial charge in [-0.25, -0.2) is 0 Å². The van der Waals surface area contributed by atoms with Gasteiger partial charge in [0.15, 0.2) is 0 Å². The van der Waals surface area contributed by atoms with E-state index in [2.05, 4.69) is 12.0 Å². The highest BCUT2D eigenvalue weighted by atomic mass is 16.3. The van der Waals surface area contributed by atoms with Gasteiger partial charge in [0.2, 0.25) is 0 Å². The van der Waals surface area contributed by atoms with Crippen LogP contribution in [-0.2, 0) is 0 Å². The Balaban J connectivity index is 2.80. The summed E-state index contributed by atoms with van der Waals surface area (Å²) in [6, 6.07) is 2.88. The van der Waals surface area contributed by atoms with Crippen LogP contribution in [0.3, 0.4) is 0 Å². The van der Waals surface area contributed by atoms with Crippen molar-refractivity contribution in [3.05, 3.63) is 24.2 Å². The van der Waals surface area contributed by atoms with Gasteiger partial charge in [0, 0.05) is 17.5 Å². The van der Waals surface area contributed by atoms with Crippen molar-refractivity contribution < 1.29 is 4.42 Å². The Bertz CT molecular complexity index is 203. The molecule has 1 nitrogen and oxygen atoms in total.